The third-order valence-electron chi connectivity index (χ3n) is 1.71. The zero-order valence-corrected chi connectivity index (χ0v) is 8.23. The molecule has 0 N–H and O–H groups in total. The molecule has 0 spiro atoms. The van der Waals surface area contributed by atoms with Gasteiger partial charge in [0, 0.05) is 13.7 Å². The van der Waals surface area contributed by atoms with Gasteiger partial charge < -0.3 is 4.74 Å². The van der Waals surface area contributed by atoms with Crippen LogP contribution < -0.4 is 0 Å². The highest BCUT2D eigenvalue weighted by atomic mass is 16.5. The summed E-state index contributed by atoms with van der Waals surface area (Å²) in [5, 5.41) is 0. The Bertz CT molecular complexity index is 212. The Morgan fingerprint density at radius 1 is 1.14 bits per heavy atom. The number of hydrogen-bond donors (Lipinski definition) is 0. The van der Waals surface area contributed by atoms with Crippen molar-refractivity contribution in [3.8, 4) is 0 Å². The summed E-state index contributed by atoms with van der Waals surface area (Å²) >= 11 is 0. The molecular weight excluding hydrogens is 184 g/mol. The first-order valence-electron chi connectivity index (χ1n) is 4.48. The van der Waals surface area contributed by atoms with Crippen LogP contribution in [0.25, 0.3) is 0 Å². The van der Waals surface area contributed by atoms with E-state index < -0.39 is 6.17 Å². The standard InChI is InChI=1S/C9H14N2O3/c1-14-6-4-2-3-5-9(10-7-12)11-8-13/h9H,2-6H2,1H3. The van der Waals surface area contributed by atoms with E-state index in [0.717, 1.165) is 25.9 Å². The van der Waals surface area contributed by atoms with Gasteiger partial charge in [-0.15, -0.1) is 0 Å². The zero-order valence-electron chi connectivity index (χ0n) is 8.23. The maximum atomic E-state index is 9.92. The molecule has 0 aromatic carbocycles. The van der Waals surface area contributed by atoms with Gasteiger partial charge in [0.05, 0.1) is 0 Å². The molecule has 0 rings (SSSR count). The molecule has 0 aliphatic rings. The number of nitrogens with zero attached hydrogens (tertiary/aromatic N) is 2. The molecule has 0 aromatic heterocycles. The summed E-state index contributed by atoms with van der Waals surface area (Å²) in [6, 6.07) is 0. The van der Waals surface area contributed by atoms with E-state index in [9.17, 15) is 9.59 Å². The average Bonchev–Trinajstić information content (AvgIpc) is 2.18. The first kappa shape index (κ1) is 12.7. The van der Waals surface area contributed by atoms with E-state index in [4.69, 9.17) is 4.74 Å². The van der Waals surface area contributed by atoms with Crippen molar-refractivity contribution in [3.05, 3.63) is 0 Å². The van der Waals surface area contributed by atoms with Crippen LogP contribution >= 0.6 is 0 Å². The molecule has 78 valence electrons. The number of carbonyl (C=O) groups excluding carboxylic acids is 2. The van der Waals surface area contributed by atoms with Crippen molar-refractivity contribution in [2.24, 2.45) is 9.98 Å². The molecule has 0 unspecified atom stereocenters. The topological polar surface area (TPSA) is 68.1 Å². The van der Waals surface area contributed by atoms with E-state index in [-0.39, 0.29) is 0 Å². The number of methoxy groups -OCH3 is 1. The number of aliphatic imine (C=N–C) groups is 2. The fourth-order valence-corrected chi connectivity index (χ4v) is 1.03. The molecule has 0 saturated heterocycles. The third kappa shape index (κ3) is 7.37. The van der Waals surface area contributed by atoms with Crippen LogP contribution in [0.2, 0.25) is 0 Å². The molecular formula is C9H14N2O3. The van der Waals surface area contributed by atoms with Gasteiger partial charge in [0.25, 0.3) is 0 Å². The first-order valence-corrected chi connectivity index (χ1v) is 4.48. The SMILES string of the molecule is COCCCCCC(N=C=O)N=C=O. The van der Waals surface area contributed by atoms with Crippen molar-refractivity contribution in [2.45, 2.75) is 31.8 Å². The Morgan fingerprint density at radius 3 is 2.29 bits per heavy atom. The molecule has 0 radical (unpaired) electrons. The lowest BCUT2D eigenvalue weighted by atomic mass is 10.2. The smallest absolute Gasteiger partial charge is 0.237 e. The van der Waals surface area contributed by atoms with Crippen LogP contribution in [0, 0.1) is 0 Å². The van der Waals surface area contributed by atoms with Gasteiger partial charge in [-0.2, -0.15) is 9.98 Å². The summed E-state index contributed by atoms with van der Waals surface area (Å²) in [4.78, 5) is 26.6. The Kier molecular flexibility index (Phi) is 8.91. The highest BCUT2D eigenvalue weighted by Gasteiger charge is 2.02. The van der Waals surface area contributed by atoms with Crippen LogP contribution in [-0.2, 0) is 14.3 Å². The quantitative estimate of drug-likeness (QED) is 0.334. The van der Waals surface area contributed by atoms with Crippen LogP contribution in [0.1, 0.15) is 25.7 Å². The fraction of sp³-hybridized carbons (Fsp3) is 0.778. The maximum Gasteiger partial charge on any atom is 0.237 e. The second kappa shape index (κ2) is 9.81. The van der Waals surface area contributed by atoms with Gasteiger partial charge in [0.2, 0.25) is 12.2 Å². The van der Waals surface area contributed by atoms with E-state index in [1.54, 1.807) is 7.11 Å². The molecule has 0 heterocycles. The lowest BCUT2D eigenvalue weighted by Gasteiger charge is -2.02. The molecule has 0 aliphatic carbocycles. The Balaban J connectivity index is 3.61. The highest BCUT2D eigenvalue weighted by Crippen LogP contribution is 2.06. The summed E-state index contributed by atoms with van der Waals surface area (Å²) in [6.45, 7) is 0.721. The fourth-order valence-electron chi connectivity index (χ4n) is 1.03. The first-order chi connectivity index (χ1) is 6.85. The van der Waals surface area contributed by atoms with E-state index in [0.29, 0.717) is 6.42 Å². The van der Waals surface area contributed by atoms with Crippen molar-refractivity contribution in [1.82, 2.24) is 0 Å². The predicted octanol–water partition coefficient (Wildman–Crippen LogP) is 1.19. The van der Waals surface area contributed by atoms with Gasteiger partial charge >= 0.3 is 0 Å². The Hall–Kier alpha value is -1.28. The monoisotopic (exact) mass is 198 g/mol. The van der Waals surface area contributed by atoms with Crippen LogP contribution in [0.15, 0.2) is 9.98 Å². The van der Waals surface area contributed by atoms with Gasteiger partial charge in [-0.3, -0.25) is 0 Å². The minimum atomic E-state index is -0.604. The number of ether oxygens (including phenoxy) is 1. The minimum Gasteiger partial charge on any atom is -0.385 e. The number of unbranched alkanes of at least 4 members (excludes halogenated alkanes) is 2. The summed E-state index contributed by atoms with van der Waals surface area (Å²) < 4.78 is 4.87. The number of isocyanates is 2. The van der Waals surface area contributed by atoms with Crippen molar-refractivity contribution in [3.63, 3.8) is 0 Å². The van der Waals surface area contributed by atoms with E-state index in [1.165, 1.54) is 12.2 Å². The summed E-state index contributed by atoms with van der Waals surface area (Å²) in [6.07, 6.45) is 5.51. The lowest BCUT2D eigenvalue weighted by Crippen LogP contribution is -2.00. The van der Waals surface area contributed by atoms with Gasteiger partial charge in [0.15, 0.2) is 6.17 Å². The molecule has 0 fully saturated rings. The van der Waals surface area contributed by atoms with Crippen LogP contribution in [0.4, 0.5) is 0 Å². The molecule has 0 saturated carbocycles. The summed E-state index contributed by atoms with van der Waals surface area (Å²) in [7, 11) is 1.65. The number of hydrogen-bond acceptors (Lipinski definition) is 5. The van der Waals surface area contributed by atoms with Crippen molar-refractivity contribution in [2.75, 3.05) is 13.7 Å². The van der Waals surface area contributed by atoms with Gasteiger partial charge in [0.1, 0.15) is 0 Å². The van der Waals surface area contributed by atoms with Gasteiger partial charge in [-0.1, -0.05) is 6.42 Å². The van der Waals surface area contributed by atoms with E-state index >= 15 is 0 Å². The van der Waals surface area contributed by atoms with Crippen LogP contribution in [0.5, 0.6) is 0 Å². The van der Waals surface area contributed by atoms with Gasteiger partial charge in [-0.25, -0.2) is 9.59 Å². The molecule has 0 aromatic rings. The maximum absolute atomic E-state index is 9.92. The highest BCUT2D eigenvalue weighted by molar-refractivity contribution is 5.36. The zero-order chi connectivity index (χ0) is 10.6. The third-order valence-corrected chi connectivity index (χ3v) is 1.71. The van der Waals surface area contributed by atoms with Crippen molar-refractivity contribution < 1.29 is 14.3 Å². The van der Waals surface area contributed by atoms with Crippen molar-refractivity contribution in [1.29, 1.82) is 0 Å². The van der Waals surface area contributed by atoms with Crippen LogP contribution in [0.3, 0.4) is 0 Å². The van der Waals surface area contributed by atoms with Crippen LogP contribution in [-0.4, -0.2) is 32.0 Å². The Morgan fingerprint density at radius 2 is 1.79 bits per heavy atom. The number of rotatable bonds is 8. The summed E-state index contributed by atoms with van der Waals surface area (Å²) in [5.74, 6) is 0. The molecule has 0 atom stereocenters. The average molecular weight is 198 g/mol. The molecule has 14 heavy (non-hydrogen) atoms. The molecule has 5 nitrogen and oxygen atoms in total. The van der Waals surface area contributed by atoms with Gasteiger partial charge in [-0.05, 0) is 19.3 Å². The summed E-state index contributed by atoms with van der Waals surface area (Å²) in [5.41, 5.74) is 0. The molecule has 5 heteroatoms. The second-order valence-electron chi connectivity index (χ2n) is 2.76. The Labute approximate surface area is 82.9 Å². The van der Waals surface area contributed by atoms with E-state index in [2.05, 4.69) is 9.98 Å². The predicted molar refractivity (Wildman–Crippen MR) is 50.4 cm³/mol. The molecule has 0 aliphatic heterocycles. The van der Waals surface area contributed by atoms with Crippen molar-refractivity contribution >= 4 is 12.2 Å². The normalized spacial score (nSPS) is 11.2. The molecule has 0 bridgehead atoms. The van der Waals surface area contributed by atoms with E-state index in [1.807, 2.05) is 0 Å². The largest absolute Gasteiger partial charge is 0.385 e. The lowest BCUT2D eigenvalue weighted by molar-refractivity contribution is 0.191. The molecule has 0 amide bonds. The minimum absolute atomic E-state index is 0.578. The second-order valence-corrected chi connectivity index (χ2v) is 2.76.